The molecular weight excluding hydrogens is 376 g/mol. The van der Waals surface area contributed by atoms with Gasteiger partial charge >= 0.3 is 5.97 Å². The highest BCUT2D eigenvalue weighted by atomic mass is 35.5. The number of rotatable bonds is 4. The molecule has 0 N–H and O–H groups in total. The van der Waals surface area contributed by atoms with Crippen LogP contribution in [0.2, 0.25) is 5.02 Å². The van der Waals surface area contributed by atoms with E-state index in [1.54, 1.807) is 30.3 Å². The summed E-state index contributed by atoms with van der Waals surface area (Å²) in [5, 5.41) is 0.499. The van der Waals surface area contributed by atoms with Gasteiger partial charge in [-0.05, 0) is 42.5 Å². The second-order valence-corrected chi connectivity index (χ2v) is 8.26. The highest BCUT2D eigenvalue weighted by Crippen LogP contribution is 2.23. The summed E-state index contributed by atoms with van der Waals surface area (Å²) in [7, 11) is -2.19. The first kappa shape index (κ1) is 18.7. The number of halogens is 1. The number of carbonyl (C=O) groups is 1. The number of piperazine rings is 1. The number of methoxy groups -OCH3 is 1. The van der Waals surface area contributed by atoms with Crippen LogP contribution in [0.3, 0.4) is 0 Å². The minimum atomic E-state index is -3.54. The van der Waals surface area contributed by atoms with Crippen LogP contribution in [0.4, 0.5) is 5.69 Å². The second kappa shape index (κ2) is 7.65. The largest absolute Gasteiger partial charge is 0.465 e. The lowest BCUT2D eigenvalue weighted by atomic mass is 10.2. The Balaban J connectivity index is 1.71. The van der Waals surface area contributed by atoms with Crippen LogP contribution in [-0.4, -0.2) is 52.0 Å². The summed E-state index contributed by atoms with van der Waals surface area (Å²) in [5.41, 5.74) is 1.35. The van der Waals surface area contributed by atoms with E-state index in [-0.39, 0.29) is 4.90 Å². The van der Waals surface area contributed by atoms with Crippen LogP contribution in [0.25, 0.3) is 0 Å². The molecule has 1 aliphatic heterocycles. The summed E-state index contributed by atoms with van der Waals surface area (Å²) in [4.78, 5) is 14.0. The highest BCUT2D eigenvalue weighted by Gasteiger charge is 2.28. The molecule has 0 aromatic heterocycles. The van der Waals surface area contributed by atoms with Crippen molar-refractivity contribution < 1.29 is 17.9 Å². The monoisotopic (exact) mass is 394 g/mol. The van der Waals surface area contributed by atoms with Crippen molar-refractivity contribution in [1.82, 2.24) is 4.31 Å². The van der Waals surface area contributed by atoms with E-state index in [1.807, 2.05) is 6.07 Å². The van der Waals surface area contributed by atoms with Crippen LogP contribution in [-0.2, 0) is 14.8 Å². The lowest BCUT2D eigenvalue weighted by Crippen LogP contribution is -2.48. The van der Waals surface area contributed by atoms with Crippen molar-refractivity contribution in [1.29, 1.82) is 0 Å². The minimum absolute atomic E-state index is 0.239. The van der Waals surface area contributed by atoms with Crippen LogP contribution in [0.1, 0.15) is 10.4 Å². The molecule has 2 aromatic carbocycles. The van der Waals surface area contributed by atoms with Crippen molar-refractivity contribution in [3.8, 4) is 0 Å². The molecule has 6 nitrogen and oxygen atoms in total. The van der Waals surface area contributed by atoms with E-state index < -0.39 is 16.0 Å². The fraction of sp³-hybridized carbons (Fsp3) is 0.278. The zero-order chi connectivity index (χ0) is 18.7. The molecule has 3 rings (SSSR count). The predicted octanol–water partition coefficient (Wildman–Crippen LogP) is 2.64. The molecule has 0 spiro atoms. The van der Waals surface area contributed by atoms with Gasteiger partial charge in [0.05, 0.1) is 17.6 Å². The summed E-state index contributed by atoms with van der Waals surface area (Å²) in [6, 6.07) is 13.3. The molecule has 1 saturated heterocycles. The maximum Gasteiger partial charge on any atom is 0.337 e. The SMILES string of the molecule is COC(=O)c1cccc(N2CCN(S(=O)(=O)c3ccc(Cl)cc3)CC2)c1. The van der Waals surface area contributed by atoms with Crippen LogP contribution < -0.4 is 4.90 Å². The van der Waals surface area contributed by atoms with E-state index >= 15 is 0 Å². The molecule has 0 radical (unpaired) electrons. The topological polar surface area (TPSA) is 66.9 Å². The fourth-order valence-corrected chi connectivity index (χ4v) is 4.44. The average Bonchev–Trinajstić information content (AvgIpc) is 2.68. The Morgan fingerprint density at radius 3 is 2.31 bits per heavy atom. The molecule has 0 saturated carbocycles. The average molecular weight is 395 g/mol. The first-order chi connectivity index (χ1) is 12.4. The molecule has 1 aliphatic rings. The number of carbonyl (C=O) groups excluding carboxylic acids is 1. The van der Waals surface area contributed by atoms with Crippen molar-refractivity contribution in [2.24, 2.45) is 0 Å². The molecule has 0 amide bonds. The lowest BCUT2D eigenvalue weighted by molar-refractivity contribution is 0.0600. The Hall–Kier alpha value is -2.09. The van der Waals surface area contributed by atoms with E-state index in [9.17, 15) is 13.2 Å². The van der Waals surface area contributed by atoms with Crippen molar-refractivity contribution in [2.75, 3.05) is 38.2 Å². The molecule has 8 heteroatoms. The molecule has 0 aliphatic carbocycles. The first-order valence-electron chi connectivity index (χ1n) is 8.11. The highest BCUT2D eigenvalue weighted by molar-refractivity contribution is 7.89. The van der Waals surface area contributed by atoms with Gasteiger partial charge in [0.1, 0.15) is 0 Å². The van der Waals surface area contributed by atoms with Crippen LogP contribution in [0, 0.1) is 0 Å². The predicted molar refractivity (Wildman–Crippen MR) is 100 cm³/mol. The van der Waals surface area contributed by atoms with Crippen molar-refractivity contribution >= 4 is 33.3 Å². The third kappa shape index (κ3) is 3.85. The third-order valence-electron chi connectivity index (χ3n) is 4.32. The van der Waals surface area contributed by atoms with Gasteiger partial charge in [-0.15, -0.1) is 0 Å². The van der Waals surface area contributed by atoms with Gasteiger partial charge in [0.2, 0.25) is 10.0 Å². The van der Waals surface area contributed by atoms with Crippen LogP contribution >= 0.6 is 11.6 Å². The normalized spacial score (nSPS) is 15.7. The zero-order valence-electron chi connectivity index (χ0n) is 14.3. The molecule has 0 unspecified atom stereocenters. The Morgan fingerprint density at radius 2 is 1.69 bits per heavy atom. The van der Waals surface area contributed by atoms with Gasteiger partial charge in [0, 0.05) is 36.9 Å². The molecular formula is C18H19ClN2O4S. The second-order valence-electron chi connectivity index (χ2n) is 5.89. The number of benzene rings is 2. The molecule has 1 heterocycles. The Labute approximate surface area is 158 Å². The number of hydrogen-bond acceptors (Lipinski definition) is 5. The molecule has 138 valence electrons. The summed E-state index contributed by atoms with van der Waals surface area (Å²) in [5.74, 6) is -0.393. The maximum atomic E-state index is 12.7. The van der Waals surface area contributed by atoms with E-state index in [0.717, 1.165) is 5.69 Å². The summed E-state index contributed by atoms with van der Waals surface area (Å²) in [6.07, 6.45) is 0. The third-order valence-corrected chi connectivity index (χ3v) is 6.49. The molecule has 26 heavy (non-hydrogen) atoms. The Kier molecular flexibility index (Phi) is 5.50. The Bertz CT molecular complexity index is 892. The molecule has 0 bridgehead atoms. The molecule has 0 atom stereocenters. The number of anilines is 1. The number of esters is 1. The van der Waals surface area contributed by atoms with Gasteiger partial charge in [-0.2, -0.15) is 4.31 Å². The van der Waals surface area contributed by atoms with Gasteiger partial charge in [-0.3, -0.25) is 0 Å². The number of hydrogen-bond donors (Lipinski definition) is 0. The van der Waals surface area contributed by atoms with Gasteiger partial charge in [-0.1, -0.05) is 17.7 Å². The van der Waals surface area contributed by atoms with E-state index in [4.69, 9.17) is 16.3 Å². The fourth-order valence-electron chi connectivity index (χ4n) is 2.89. The number of nitrogens with zero attached hydrogens (tertiary/aromatic N) is 2. The quantitative estimate of drug-likeness (QED) is 0.746. The lowest BCUT2D eigenvalue weighted by Gasteiger charge is -2.35. The van der Waals surface area contributed by atoms with Gasteiger partial charge in [0.15, 0.2) is 0 Å². The smallest absolute Gasteiger partial charge is 0.337 e. The molecule has 1 fully saturated rings. The van der Waals surface area contributed by atoms with Crippen molar-refractivity contribution in [3.63, 3.8) is 0 Å². The number of sulfonamides is 1. The Morgan fingerprint density at radius 1 is 1.04 bits per heavy atom. The summed E-state index contributed by atoms with van der Waals surface area (Å²) in [6.45, 7) is 1.82. The van der Waals surface area contributed by atoms with Crippen molar-refractivity contribution in [3.05, 3.63) is 59.1 Å². The van der Waals surface area contributed by atoms with E-state index in [0.29, 0.717) is 36.8 Å². The minimum Gasteiger partial charge on any atom is -0.465 e. The van der Waals surface area contributed by atoms with Gasteiger partial charge < -0.3 is 9.64 Å². The summed E-state index contributed by atoms with van der Waals surface area (Å²) >= 11 is 5.83. The zero-order valence-corrected chi connectivity index (χ0v) is 15.8. The van der Waals surface area contributed by atoms with E-state index in [1.165, 1.54) is 23.5 Å². The van der Waals surface area contributed by atoms with Crippen LogP contribution in [0.5, 0.6) is 0 Å². The molecule has 2 aromatic rings. The standard InChI is InChI=1S/C18H19ClN2O4S/c1-25-18(22)14-3-2-4-16(13-14)20-9-11-21(12-10-20)26(23,24)17-7-5-15(19)6-8-17/h2-8,13H,9-12H2,1H3. The van der Waals surface area contributed by atoms with E-state index in [2.05, 4.69) is 4.90 Å². The van der Waals surface area contributed by atoms with Crippen molar-refractivity contribution in [2.45, 2.75) is 4.90 Å². The number of ether oxygens (including phenoxy) is 1. The summed E-state index contributed by atoms with van der Waals surface area (Å²) < 4.78 is 31.7. The maximum absolute atomic E-state index is 12.7. The van der Waals surface area contributed by atoms with Gasteiger partial charge in [0.25, 0.3) is 0 Å². The van der Waals surface area contributed by atoms with Gasteiger partial charge in [-0.25, -0.2) is 13.2 Å². The van der Waals surface area contributed by atoms with Crippen LogP contribution in [0.15, 0.2) is 53.4 Å². The first-order valence-corrected chi connectivity index (χ1v) is 9.92.